The summed E-state index contributed by atoms with van der Waals surface area (Å²) < 4.78 is 9.99. The van der Waals surface area contributed by atoms with Crippen LogP contribution in [0.1, 0.15) is 71.6 Å². The lowest BCUT2D eigenvalue weighted by Gasteiger charge is -2.09. The van der Waals surface area contributed by atoms with Crippen molar-refractivity contribution in [1.29, 1.82) is 0 Å². The van der Waals surface area contributed by atoms with Crippen molar-refractivity contribution in [3.05, 3.63) is 12.2 Å². The quantitative estimate of drug-likeness (QED) is 0.280. The number of allylic oxidation sites excluding steroid dienone is 2. The Balaban J connectivity index is 3.19. The summed E-state index contributed by atoms with van der Waals surface area (Å²) >= 11 is 0. The van der Waals surface area contributed by atoms with E-state index >= 15 is 0 Å². The van der Waals surface area contributed by atoms with Crippen LogP contribution in [-0.4, -0.2) is 25.8 Å². The fraction of sp³-hybridized carbons (Fsp3) is 0.824. The Bertz CT molecular complexity index is 249. The summed E-state index contributed by atoms with van der Waals surface area (Å²) in [5, 5.41) is 0. The molecule has 3 nitrogen and oxygen atoms in total. The summed E-state index contributed by atoms with van der Waals surface area (Å²) in [6.07, 6.45) is 15.0. The highest BCUT2D eigenvalue weighted by Gasteiger charge is 2.11. The molecule has 118 valence electrons. The molecule has 20 heavy (non-hydrogen) atoms. The van der Waals surface area contributed by atoms with E-state index in [1.54, 1.807) is 6.92 Å². The molecule has 0 spiro atoms. The van der Waals surface area contributed by atoms with Gasteiger partial charge in [-0.25, -0.2) is 4.79 Å². The van der Waals surface area contributed by atoms with Crippen molar-refractivity contribution in [3.63, 3.8) is 0 Å². The smallest absolute Gasteiger partial charge is 0.334 e. The summed E-state index contributed by atoms with van der Waals surface area (Å²) in [6, 6.07) is 0. The first kappa shape index (κ1) is 19.2. The first-order chi connectivity index (χ1) is 9.72. The number of unbranched alkanes of at least 4 members (excludes halogenated alkanes) is 7. The zero-order valence-corrected chi connectivity index (χ0v) is 13.5. The average Bonchev–Trinajstić information content (AvgIpc) is 2.47. The molecule has 0 radical (unpaired) electrons. The zero-order valence-electron chi connectivity index (χ0n) is 13.5. The zero-order chi connectivity index (χ0) is 15.1. The van der Waals surface area contributed by atoms with E-state index in [1.807, 2.05) is 0 Å². The normalized spacial score (nSPS) is 12.8. The molecule has 0 amide bonds. The number of carbonyl (C=O) groups is 1. The van der Waals surface area contributed by atoms with Gasteiger partial charge >= 0.3 is 5.97 Å². The van der Waals surface area contributed by atoms with E-state index in [9.17, 15) is 4.79 Å². The Morgan fingerprint density at radius 3 is 2.25 bits per heavy atom. The van der Waals surface area contributed by atoms with Gasteiger partial charge in [0.2, 0.25) is 0 Å². The number of ether oxygens (including phenoxy) is 2. The lowest BCUT2D eigenvalue weighted by molar-refractivity contribution is -0.154. The molecule has 0 aliphatic carbocycles. The van der Waals surface area contributed by atoms with E-state index in [0.717, 1.165) is 12.8 Å². The SMILES string of the molecule is CCC/C=C\CCCCCCCCOC(=O)C(C)OC. The van der Waals surface area contributed by atoms with Crippen LogP contribution in [0.4, 0.5) is 0 Å². The van der Waals surface area contributed by atoms with Crippen LogP contribution >= 0.6 is 0 Å². The van der Waals surface area contributed by atoms with E-state index < -0.39 is 6.10 Å². The Labute approximate surface area is 124 Å². The second-order valence-electron chi connectivity index (χ2n) is 5.22. The minimum absolute atomic E-state index is 0.258. The van der Waals surface area contributed by atoms with Crippen LogP contribution in [0.2, 0.25) is 0 Å². The van der Waals surface area contributed by atoms with Crippen molar-refractivity contribution >= 4 is 5.97 Å². The average molecular weight is 284 g/mol. The second-order valence-corrected chi connectivity index (χ2v) is 5.22. The van der Waals surface area contributed by atoms with Gasteiger partial charge < -0.3 is 9.47 Å². The number of hydrogen-bond donors (Lipinski definition) is 0. The maximum Gasteiger partial charge on any atom is 0.334 e. The van der Waals surface area contributed by atoms with Gasteiger partial charge in [0.1, 0.15) is 0 Å². The van der Waals surface area contributed by atoms with Crippen LogP contribution in [0, 0.1) is 0 Å². The standard InChI is InChI=1S/C17H32O3/c1-4-5-6-7-8-9-10-11-12-13-14-15-20-17(18)16(2)19-3/h6-7,16H,4-5,8-15H2,1-3H3/b7-6-. The van der Waals surface area contributed by atoms with Crippen LogP contribution in [-0.2, 0) is 14.3 Å². The minimum atomic E-state index is -0.448. The molecule has 0 saturated carbocycles. The molecule has 0 heterocycles. The van der Waals surface area contributed by atoms with Crippen molar-refractivity contribution in [2.24, 2.45) is 0 Å². The molecule has 0 aromatic heterocycles. The Kier molecular flexibility index (Phi) is 14.0. The highest BCUT2D eigenvalue weighted by atomic mass is 16.6. The van der Waals surface area contributed by atoms with Crippen LogP contribution in [0.5, 0.6) is 0 Å². The third-order valence-electron chi connectivity index (χ3n) is 3.32. The molecule has 0 aromatic carbocycles. The second kappa shape index (κ2) is 14.6. The molecule has 0 aliphatic heterocycles. The number of hydrogen-bond acceptors (Lipinski definition) is 3. The lowest BCUT2D eigenvalue weighted by Crippen LogP contribution is -2.22. The largest absolute Gasteiger partial charge is 0.464 e. The molecular formula is C17H32O3. The maximum absolute atomic E-state index is 11.3. The molecule has 0 N–H and O–H groups in total. The van der Waals surface area contributed by atoms with E-state index in [-0.39, 0.29) is 5.97 Å². The van der Waals surface area contributed by atoms with Crippen LogP contribution in [0.3, 0.4) is 0 Å². The molecule has 0 saturated heterocycles. The minimum Gasteiger partial charge on any atom is -0.464 e. The van der Waals surface area contributed by atoms with Gasteiger partial charge in [-0.05, 0) is 32.6 Å². The monoisotopic (exact) mass is 284 g/mol. The van der Waals surface area contributed by atoms with Crippen molar-refractivity contribution in [3.8, 4) is 0 Å². The highest BCUT2D eigenvalue weighted by Crippen LogP contribution is 2.08. The molecular weight excluding hydrogens is 252 g/mol. The van der Waals surface area contributed by atoms with Crippen LogP contribution < -0.4 is 0 Å². The number of methoxy groups -OCH3 is 1. The van der Waals surface area contributed by atoms with Gasteiger partial charge in [-0.3, -0.25) is 0 Å². The van der Waals surface area contributed by atoms with Gasteiger partial charge in [0, 0.05) is 7.11 Å². The summed E-state index contributed by atoms with van der Waals surface area (Å²) in [4.78, 5) is 11.3. The molecule has 0 rings (SSSR count). The van der Waals surface area contributed by atoms with Crippen LogP contribution in [0.15, 0.2) is 12.2 Å². The molecule has 0 aromatic rings. The summed E-state index contributed by atoms with van der Waals surface area (Å²) in [6.45, 7) is 4.43. The lowest BCUT2D eigenvalue weighted by atomic mass is 10.1. The Morgan fingerprint density at radius 1 is 1.00 bits per heavy atom. The van der Waals surface area contributed by atoms with Crippen molar-refractivity contribution in [2.45, 2.75) is 77.7 Å². The molecule has 0 fully saturated rings. The van der Waals surface area contributed by atoms with Gasteiger partial charge in [-0.2, -0.15) is 0 Å². The molecule has 3 heteroatoms. The predicted octanol–water partition coefficient (Wildman–Crippen LogP) is 4.65. The Hall–Kier alpha value is -0.830. The van der Waals surface area contributed by atoms with Gasteiger partial charge in [0.25, 0.3) is 0 Å². The molecule has 0 aliphatic rings. The molecule has 0 bridgehead atoms. The van der Waals surface area contributed by atoms with Gasteiger partial charge in [-0.1, -0.05) is 51.2 Å². The predicted molar refractivity (Wildman–Crippen MR) is 83.8 cm³/mol. The summed E-state index contributed by atoms with van der Waals surface area (Å²) in [7, 11) is 1.52. The first-order valence-corrected chi connectivity index (χ1v) is 8.06. The maximum atomic E-state index is 11.3. The number of carbonyl (C=O) groups excluding carboxylic acids is 1. The summed E-state index contributed by atoms with van der Waals surface area (Å²) in [5.74, 6) is -0.258. The van der Waals surface area contributed by atoms with Gasteiger partial charge in [0.15, 0.2) is 6.10 Å². The fourth-order valence-electron chi connectivity index (χ4n) is 1.86. The Morgan fingerprint density at radius 2 is 1.60 bits per heavy atom. The van der Waals surface area contributed by atoms with Crippen molar-refractivity contribution in [2.75, 3.05) is 13.7 Å². The topological polar surface area (TPSA) is 35.5 Å². The van der Waals surface area contributed by atoms with E-state index in [4.69, 9.17) is 9.47 Å². The number of rotatable bonds is 13. The fourth-order valence-corrected chi connectivity index (χ4v) is 1.86. The third-order valence-corrected chi connectivity index (χ3v) is 3.32. The van der Waals surface area contributed by atoms with Crippen LogP contribution in [0.25, 0.3) is 0 Å². The van der Waals surface area contributed by atoms with E-state index in [1.165, 1.54) is 52.1 Å². The third kappa shape index (κ3) is 12.2. The number of esters is 1. The van der Waals surface area contributed by atoms with Gasteiger partial charge in [-0.15, -0.1) is 0 Å². The molecule has 1 atom stereocenters. The van der Waals surface area contributed by atoms with E-state index in [2.05, 4.69) is 19.1 Å². The van der Waals surface area contributed by atoms with Crippen molar-refractivity contribution in [1.82, 2.24) is 0 Å². The summed E-state index contributed by atoms with van der Waals surface area (Å²) in [5.41, 5.74) is 0. The van der Waals surface area contributed by atoms with E-state index in [0.29, 0.717) is 6.61 Å². The van der Waals surface area contributed by atoms with Crippen molar-refractivity contribution < 1.29 is 14.3 Å². The highest BCUT2D eigenvalue weighted by molar-refractivity contribution is 5.74. The first-order valence-electron chi connectivity index (χ1n) is 8.06. The molecule has 1 unspecified atom stereocenters. The van der Waals surface area contributed by atoms with Gasteiger partial charge in [0.05, 0.1) is 6.61 Å².